The topological polar surface area (TPSA) is 48.1 Å². The Balaban J connectivity index is 2.10. The number of para-hydroxylation sites is 1. The van der Waals surface area contributed by atoms with Gasteiger partial charge in [0.15, 0.2) is 0 Å². The number of benzene rings is 2. The van der Waals surface area contributed by atoms with E-state index in [9.17, 15) is 4.39 Å². The monoisotopic (exact) mass is 316 g/mol. The SMILES string of the molecule is COc1cccc(F)c1Cc1cc2cccc(Cl)c2nc1N. The van der Waals surface area contributed by atoms with Crippen LogP contribution < -0.4 is 10.5 Å². The van der Waals surface area contributed by atoms with Gasteiger partial charge in [-0.25, -0.2) is 9.37 Å². The summed E-state index contributed by atoms with van der Waals surface area (Å²) < 4.78 is 19.3. The fourth-order valence-electron chi connectivity index (χ4n) is 2.45. The highest BCUT2D eigenvalue weighted by Gasteiger charge is 2.13. The van der Waals surface area contributed by atoms with Gasteiger partial charge in [-0.2, -0.15) is 0 Å². The lowest BCUT2D eigenvalue weighted by atomic mass is 10.0. The maximum absolute atomic E-state index is 14.1. The molecule has 0 aliphatic rings. The first-order valence-corrected chi connectivity index (χ1v) is 7.13. The van der Waals surface area contributed by atoms with E-state index in [0.717, 1.165) is 10.9 Å². The third kappa shape index (κ3) is 2.57. The zero-order valence-electron chi connectivity index (χ0n) is 11.9. The second-order valence-corrected chi connectivity index (χ2v) is 5.35. The van der Waals surface area contributed by atoms with Crippen LogP contribution in [-0.4, -0.2) is 12.1 Å². The van der Waals surface area contributed by atoms with Crippen LogP contribution in [0.5, 0.6) is 5.75 Å². The predicted molar refractivity (Wildman–Crippen MR) is 86.9 cm³/mol. The summed E-state index contributed by atoms with van der Waals surface area (Å²) >= 11 is 6.12. The van der Waals surface area contributed by atoms with Crippen molar-refractivity contribution < 1.29 is 9.13 Å². The highest BCUT2D eigenvalue weighted by molar-refractivity contribution is 6.35. The predicted octanol–water partition coefficient (Wildman–Crippen LogP) is 4.21. The summed E-state index contributed by atoms with van der Waals surface area (Å²) in [6.45, 7) is 0. The highest BCUT2D eigenvalue weighted by atomic mass is 35.5. The number of fused-ring (bicyclic) bond motifs is 1. The van der Waals surface area contributed by atoms with Crippen molar-refractivity contribution in [2.24, 2.45) is 0 Å². The average molecular weight is 317 g/mol. The Labute approximate surface area is 132 Å². The van der Waals surface area contributed by atoms with E-state index in [4.69, 9.17) is 22.1 Å². The van der Waals surface area contributed by atoms with E-state index >= 15 is 0 Å². The van der Waals surface area contributed by atoms with Gasteiger partial charge in [0.2, 0.25) is 0 Å². The van der Waals surface area contributed by atoms with Crippen LogP contribution in [0.2, 0.25) is 5.02 Å². The lowest BCUT2D eigenvalue weighted by molar-refractivity contribution is 0.405. The van der Waals surface area contributed by atoms with E-state index in [1.807, 2.05) is 18.2 Å². The molecular formula is C17H14ClFN2O. The molecule has 0 amide bonds. The molecule has 0 aliphatic carbocycles. The minimum absolute atomic E-state index is 0.303. The van der Waals surface area contributed by atoms with E-state index in [1.165, 1.54) is 13.2 Å². The molecule has 0 saturated heterocycles. The molecule has 5 heteroatoms. The number of methoxy groups -OCH3 is 1. The minimum Gasteiger partial charge on any atom is -0.496 e. The molecule has 1 aromatic heterocycles. The van der Waals surface area contributed by atoms with Crippen LogP contribution in [-0.2, 0) is 6.42 Å². The van der Waals surface area contributed by atoms with Crippen molar-refractivity contribution in [3.05, 3.63) is 64.4 Å². The smallest absolute Gasteiger partial charge is 0.130 e. The molecule has 0 radical (unpaired) electrons. The van der Waals surface area contributed by atoms with Crippen LogP contribution in [0.25, 0.3) is 10.9 Å². The fourth-order valence-corrected chi connectivity index (χ4v) is 2.68. The van der Waals surface area contributed by atoms with Gasteiger partial charge in [-0.05, 0) is 29.8 Å². The summed E-state index contributed by atoms with van der Waals surface area (Å²) in [4.78, 5) is 4.34. The molecular weight excluding hydrogens is 303 g/mol. The maximum atomic E-state index is 14.1. The summed E-state index contributed by atoms with van der Waals surface area (Å²) in [5.41, 5.74) is 7.85. The van der Waals surface area contributed by atoms with Gasteiger partial charge in [-0.15, -0.1) is 0 Å². The number of ether oxygens (including phenoxy) is 1. The fraction of sp³-hybridized carbons (Fsp3) is 0.118. The van der Waals surface area contributed by atoms with Gasteiger partial charge < -0.3 is 10.5 Å². The van der Waals surface area contributed by atoms with Crippen LogP contribution in [0.1, 0.15) is 11.1 Å². The number of nitrogens with zero attached hydrogens (tertiary/aromatic N) is 1. The molecule has 112 valence electrons. The standard InChI is InChI=1S/C17H14ClFN2O/c1-22-15-7-3-6-14(19)12(15)9-11-8-10-4-2-5-13(18)16(10)21-17(11)20/h2-8H,9H2,1H3,(H2,20,21). The molecule has 3 aromatic rings. The van der Waals surface area contributed by atoms with Crippen LogP contribution in [0.15, 0.2) is 42.5 Å². The Bertz CT molecular complexity index is 851. The van der Waals surface area contributed by atoms with Crippen molar-refractivity contribution >= 4 is 28.3 Å². The Hall–Kier alpha value is -2.33. The number of anilines is 1. The number of hydrogen-bond acceptors (Lipinski definition) is 3. The van der Waals surface area contributed by atoms with Gasteiger partial charge in [0.25, 0.3) is 0 Å². The van der Waals surface area contributed by atoms with E-state index in [1.54, 1.807) is 18.2 Å². The van der Waals surface area contributed by atoms with Gasteiger partial charge in [0.05, 0.1) is 17.6 Å². The third-order valence-corrected chi connectivity index (χ3v) is 3.88. The Kier molecular flexibility index (Phi) is 3.86. The van der Waals surface area contributed by atoms with Crippen molar-refractivity contribution in [1.29, 1.82) is 0 Å². The summed E-state index contributed by atoms with van der Waals surface area (Å²) in [5.74, 6) is 0.501. The molecule has 0 aliphatic heterocycles. The number of pyridine rings is 1. The number of nitrogen functional groups attached to an aromatic ring is 1. The lowest BCUT2D eigenvalue weighted by Gasteiger charge is -2.12. The molecule has 3 rings (SSSR count). The van der Waals surface area contributed by atoms with Gasteiger partial charge in [-0.1, -0.05) is 29.8 Å². The summed E-state index contributed by atoms with van der Waals surface area (Å²) in [5, 5.41) is 1.41. The summed E-state index contributed by atoms with van der Waals surface area (Å²) in [7, 11) is 1.51. The molecule has 0 saturated carbocycles. The molecule has 0 unspecified atom stereocenters. The molecule has 1 heterocycles. The van der Waals surface area contributed by atoms with Crippen LogP contribution in [0.4, 0.5) is 10.2 Å². The number of rotatable bonds is 3. The van der Waals surface area contributed by atoms with E-state index in [0.29, 0.717) is 34.1 Å². The third-order valence-electron chi connectivity index (χ3n) is 3.57. The summed E-state index contributed by atoms with van der Waals surface area (Å²) in [6, 6.07) is 12.1. The zero-order valence-corrected chi connectivity index (χ0v) is 12.7. The molecule has 0 atom stereocenters. The average Bonchev–Trinajstić information content (AvgIpc) is 2.51. The first kappa shape index (κ1) is 14.6. The highest BCUT2D eigenvalue weighted by Crippen LogP contribution is 2.29. The van der Waals surface area contributed by atoms with E-state index in [2.05, 4.69) is 4.98 Å². The number of hydrogen-bond donors (Lipinski definition) is 1. The summed E-state index contributed by atoms with van der Waals surface area (Å²) in [6.07, 6.45) is 0.303. The van der Waals surface area contributed by atoms with Crippen molar-refractivity contribution in [2.75, 3.05) is 12.8 Å². The Morgan fingerprint density at radius 2 is 2.00 bits per heavy atom. The maximum Gasteiger partial charge on any atom is 0.130 e. The first-order valence-electron chi connectivity index (χ1n) is 6.75. The molecule has 2 N–H and O–H groups in total. The van der Waals surface area contributed by atoms with Crippen molar-refractivity contribution in [1.82, 2.24) is 4.98 Å². The van der Waals surface area contributed by atoms with Crippen molar-refractivity contribution in [3.63, 3.8) is 0 Å². The molecule has 0 bridgehead atoms. The van der Waals surface area contributed by atoms with Crippen LogP contribution in [0.3, 0.4) is 0 Å². The van der Waals surface area contributed by atoms with Crippen LogP contribution >= 0.6 is 11.6 Å². The van der Waals surface area contributed by atoms with Crippen molar-refractivity contribution in [3.8, 4) is 5.75 Å². The quantitative estimate of drug-likeness (QED) is 0.787. The molecule has 0 spiro atoms. The zero-order chi connectivity index (χ0) is 15.7. The Morgan fingerprint density at radius 3 is 2.77 bits per heavy atom. The van der Waals surface area contributed by atoms with Gasteiger partial charge in [-0.3, -0.25) is 0 Å². The molecule has 2 aromatic carbocycles. The van der Waals surface area contributed by atoms with E-state index < -0.39 is 0 Å². The van der Waals surface area contributed by atoms with Crippen LogP contribution in [0, 0.1) is 5.82 Å². The normalized spacial score (nSPS) is 10.9. The molecule has 3 nitrogen and oxygen atoms in total. The number of halogens is 2. The first-order chi connectivity index (χ1) is 10.6. The van der Waals surface area contributed by atoms with Gasteiger partial charge in [0, 0.05) is 17.4 Å². The largest absolute Gasteiger partial charge is 0.496 e. The second kappa shape index (κ2) is 5.81. The minimum atomic E-state index is -0.329. The Morgan fingerprint density at radius 1 is 1.23 bits per heavy atom. The number of nitrogens with two attached hydrogens (primary N) is 1. The second-order valence-electron chi connectivity index (χ2n) is 4.94. The van der Waals surface area contributed by atoms with E-state index in [-0.39, 0.29) is 5.82 Å². The molecule has 0 fully saturated rings. The van der Waals surface area contributed by atoms with Gasteiger partial charge in [0.1, 0.15) is 17.4 Å². The van der Waals surface area contributed by atoms with Gasteiger partial charge >= 0.3 is 0 Å². The van der Waals surface area contributed by atoms with Crippen molar-refractivity contribution in [2.45, 2.75) is 6.42 Å². The molecule has 22 heavy (non-hydrogen) atoms. The lowest BCUT2D eigenvalue weighted by Crippen LogP contribution is -2.03. The number of aromatic nitrogens is 1.